The second kappa shape index (κ2) is 11.5. The number of ether oxygens (including phenoxy) is 1. The number of ketones is 1. The Morgan fingerprint density at radius 2 is 1.76 bits per heavy atom. The summed E-state index contributed by atoms with van der Waals surface area (Å²) in [5.74, 6) is -0.678. The quantitative estimate of drug-likeness (QED) is 0.295. The van der Waals surface area contributed by atoms with Gasteiger partial charge < -0.3 is 20.6 Å². The highest BCUT2D eigenvalue weighted by atomic mass is 19.4. The standard InChI is InChI=1S/C36H37F3N6O4/c1-7-19-15(2)22-13-27-31(28-14-35(48,45-44-28)36(37,38)39)17(4)24(41-27)11-23-16(3)20(8-9-30(47)49-6)33(42-23)21-10-29(46)32-18(5)25(43-34(21)32)12-26(19)40-22/h11-13,16,20,42,44-45,48H,7-10,14H2,1-6H3/b22-13?,23-11?,25-12?,31-28-,33-21?/t16-,20-,35?/m0/s1. The Bertz CT molecular complexity index is 2000. The van der Waals surface area contributed by atoms with Crippen molar-refractivity contribution in [2.45, 2.75) is 78.6 Å². The summed E-state index contributed by atoms with van der Waals surface area (Å²) >= 11 is 0. The van der Waals surface area contributed by atoms with E-state index in [1.165, 1.54) is 7.11 Å². The Hall–Kier alpha value is -4.62. The molecule has 1 aliphatic carbocycles. The lowest BCUT2D eigenvalue weighted by atomic mass is 9.86. The summed E-state index contributed by atoms with van der Waals surface area (Å²) in [6.45, 7) is 9.67. The highest BCUT2D eigenvalue weighted by Crippen LogP contribution is 2.46. The van der Waals surface area contributed by atoms with Gasteiger partial charge in [0.25, 0.3) is 0 Å². The van der Waals surface area contributed by atoms with Crippen molar-refractivity contribution in [3.8, 4) is 0 Å². The molecule has 1 unspecified atom stereocenters. The van der Waals surface area contributed by atoms with Crippen molar-refractivity contribution >= 4 is 28.9 Å². The molecule has 0 aromatic heterocycles. The molecule has 6 heterocycles. The maximum absolute atomic E-state index is 13.8. The van der Waals surface area contributed by atoms with Crippen LogP contribution >= 0.6 is 0 Å². The van der Waals surface area contributed by atoms with E-state index in [2.05, 4.69) is 10.7 Å². The van der Waals surface area contributed by atoms with Gasteiger partial charge in [0.05, 0.1) is 41.3 Å². The molecule has 3 atom stereocenters. The molecule has 0 aromatic carbocycles. The number of methoxy groups -OCH3 is 1. The van der Waals surface area contributed by atoms with Crippen LogP contribution in [0.5, 0.6) is 0 Å². The minimum Gasteiger partial charge on any atom is -0.469 e. The zero-order chi connectivity index (χ0) is 35.2. The number of nitrogens with one attached hydrogen (secondary N) is 3. The van der Waals surface area contributed by atoms with Gasteiger partial charge in [-0.15, -0.1) is 0 Å². The van der Waals surface area contributed by atoms with Crippen LogP contribution in [0.4, 0.5) is 13.2 Å². The van der Waals surface area contributed by atoms with E-state index in [0.717, 1.165) is 33.7 Å². The van der Waals surface area contributed by atoms with E-state index < -0.39 is 18.3 Å². The number of halogens is 3. The zero-order valence-corrected chi connectivity index (χ0v) is 28.1. The van der Waals surface area contributed by atoms with Crippen LogP contribution in [0.15, 0.2) is 106 Å². The number of aliphatic hydroxyl groups is 1. The molecule has 49 heavy (non-hydrogen) atoms. The van der Waals surface area contributed by atoms with Gasteiger partial charge in [0.15, 0.2) is 5.78 Å². The Morgan fingerprint density at radius 3 is 2.43 bits per heavy atom. The van der Waals surface area contributed by atoms with Crippen LogP contribution in [0.2, 0.25) is 0 Å². The molecular formula is C36H37F3N6O4. The highest BCUT2D eigenvalue weighted by molar-refractivity contribution is 6.38. The van der Waals surface area contributed by atoms with Crippen molar-refractivity contribution in [2.24, 2.45) is 26.8 Å². The van der Waals surface area contributed by atoms with Gasteiger partial charge in [-0.1, -0.05) is 13.8 Å². The number of carbonyl (C=O) groups excluding carboxylic acids is 2. The Kier molecular flexibility index (Phi) is 7.71. The minimum absolute atomic E-state index is 0.0189. The van der Waals surface area contributed by atoms with Crippen molar-refractivity contribution < 1.29 is 32.6 Å². The fraction of sp³-hybridized carbons (Fsp3) is 0.417. The highest BCUT2D eigenvalue weighted by Gasteiger charge is 2.57. The number of hydrogen-bond acceptors (Lipinski definition) is 10. The predicted molar refractivity (Wildman–Crippen MR) is 178 cm³/mol. The number of fused-ring (bicyclic) bond motifs is 5. The van der Waals surface area contributed by atoms with Crippen molar-refractivity contribution in [3.05, 3.63) is 91.4 Å². The first-order chi connectivity index (χ1) is 23.2. The van der Waals surface area contributed by atoms with Gasteiger partial charge in [0.1, 0.15) is 0 Å². The molecular weight excluding hydrogens is 637 g/mol. The van der Waals surface area contributed by atoms with Crippen LogP contribution in [-0.4, -0.2) is 53.0 Å². The smallest absolute Gasteiger partial charge is 0.432 e. The normalized spacial score (nSPS) is 29.3. The van der Waals surface area contributed by atoms with Crippen LogP contribution < -0.4 is 16.2 Å². The molecule has 13 heteroatoms. The van der Waals surface area contributed by atoms with E-state index >= 15 is 0 Å². The average molecular weight is 675 g/mol. The second-order valence-corrected chi connectivity index (χ2v) is 13.3. The molecule has 1 saturated carbocycles. The number of hydrogen-bond donors (Lipinski definition) is 4. The fourth-order valence-electron chi connectivity index (χ4n) is 7.69. The third-order valence-corrected chi connectivity index (χ3v) is 10.5. The monoisotopic (exact) mass is 674 g/mol. The maximum Gasteiger partial charge on any atom is 0.432 e. The number of hydrazine groups is 1. The SMILES string of the molecule is CCC1=C(C)C2=CC3=NC(=C(C)/C3=C3\CC(O)(C(F)(F)F)NN3)C=C3NC(=C4CC(=O)C5=C(C)C(=CC1=N2)N=C45)[C@@H](CCC(=O)OC)[C@@H]3C. The Morgan fingerprint density at radius 1 is 1.04 bits per heavy atom. The lowest BCUT2D eigenvalue weighted by molar-refractivity contribution is -0.267. The van der Waals surface area contributed by atoms with E-state index in [-0.39, 0.29) is 42.1 Å². The van der Waals surface area contributed by atoms with Crippen LogP contribution in [-0.2, 0) is 14.3 Å². The topological polar surface area (TPSA) is 137 Å². The van der Waals surface area contributed by atoms with Crippen LogP contribution in [0.25, 0.3) is 0 Å². The van der Waals surface area contributed by atoms with Gasteiger partial charge in [-0.05, 0) is 74.1 Å². The number of alkyl halides is 3. The first-order valence-electron chi connectivity index (χ1n) is 16.4. The van der Waals surface area contributed by atoms with Gasteiger partial charge in [0.2, 0.25) is 5.72 Å². The van der Waals surface area contributed by atoms with Crippen molar-refractivity contribution in [1.82, 2.24) is 16.2 Å². The van der Waals surface area contributed by atoms with Gasteiger partial charge in [0, 0.05) is 64.9 Å². The van der Waals surface area contributed by atoms with Crippen LogP contribution in [0.1, 0.15) is 66.7 Å². The summed E-state index contributed by atoms with van der Waals surface area (Å²) in [6.07, 6.45) is 1.32. The third kappa shape index (κ3) is 5.13. The summed E-state index contributed by atoms with van der Waals surface area (Å²) in [6, 6.07) is 0. The van der Waals surface area contributed by atoms with Gasteiger partial charge in [-0.25, -0.2) is 15.0 Å². The number of nitrogens with zero attached hydrogens (tertiary/aromatic N) is 3. The number of carbonyl (C=O) groups is 2. The van der Waals surface area contributed by atoms with Crippen molar-refractivity contribution in [1.29, 1.82) is 0 Å². The fourth-order valence-corrected chi connectivity index (χ4v) is 7.69. The molecule has 10 nitrogen and oxygen atoms in total. The van der Waals surface area contributed by atoms with Crippen molar-refractivity contribution in [2.75, 3.05) is 7.11 Å². The molecule has 4 N–H and O–H groups in total. The second-order valence-electron chi connectivity index (χ2n) is 13.3. The lowest BCUT2D eigenvalue weighted by Gasteiger charge is -2.23. The average Bonchev–Trinajstić information content (AvgIpc) is 3.86. The van der Waals surface area contributed by atoms with E-state index in [1.807, 2.05) is 45.3 Å². The summed E-state index contributed by atoms with van der Waals surface area (Å²) in [7, 11) is 1.35. The summed E-state index contributed by atoms with van der Waals surface area (Å²) in [5, 5.41) is 14.0. The maximum atomic E-state index is 13.8. The summed E-state index contributed by atoms with van der Waals surface area (Å²) in [5.41, 5.74) is 11.8. The number of allylic oxidation sites excluding steroid dienone is 12. The number of rotatable bonds is 4. The Balaban J connectivity index is 1.46. The van der Waals surface area contributed by atoms with Crippen molar-refractivity contribution in [3.63, 3.8) is 0 Å². The molecule has 0 aromatic rings. The molecule has 256 valence electrons. The van der Waals surface area contributed by atoms with E-state index in [9.17, 15) is 27.9 Å². The molecule has 3 fully saturated rings. The summed E-state index contributed by atoms with van der Waals surface area (Å²) in [4.78, 5) is 40.7. The van der Waals surface area contributed by atoms with Crippen LogP contribution in [0.3, 0.4) is 0 Å². The van der Waals surface area contributed by atoms with E-state index in [1.54, 1.807) is 13.0 Å². The first-order valence-corrected chi connectivity index (χ1v) is 16.4. The van der Waals surface area contributed by atoms with Crippen LogP contribution in [0, 0.1) is 11.8 Å². The first kappa shape index (κ1) is 32.9. The van der Waals surface area contributed by atoms with Gasteiger partial charge in [-0.2, -0.15) is 18.6 Å². The largest absolute Gasteiger partial charge is 0.469 e. The molecule has 7 aliphatic rings. The predicted octanol–water partition coefficient (Wildman–Crippen LogP) is 5.37. The molecule has 0 radical (unpaired) electrons. The number of Topliss-reactive ketones (excluding diaryl/α,β-unsaturated/α-hetero) is 1. The molecule has 8 bridgehead atoms. The molecule has 0 amide bonds. The number of esters is 1. The molecule has 0 spiro atoms. The molecule has 2 saturated heterocycles. The molecule has 7 rings (SSSR count). The minimum atomic E-state index is -4.93. The third-order valence-electron chi connectivity index (χ3n) is 10.5. The van der Waals surface area contributed by atoms with E-state index in [0.29, 0.717) is 63.8 Å². The van der Waals surface area contributed by atoms with Gasteiger partial charge >= 0.3 is 12.1 Å². The molecule has 6 aliphatic heterocycles. The van der Waals surface area contributed by atoms with Gasteiger partial charge in [-0.3, -0.25) is 9.59 Å². The Labute approximate surface area is 281 Å². The number of aliphatic imine (C=N–C) groups is 3. The lowest BCUT2D eigenvalue weighted by Crippen LogP contribution is -2.55. The summed E-state index contributed by atoms with van der Waals surface area (Å²) < 4.78 is 46.5. The van der Waals surface area contributed by atoms with E-state index in [4.69, 9.17) is 19.7 Å². The zero-order valence-electron chi connectivity index (χ0n) is 28.1.